The second kappa shape index (κ2) is 6.19. The topological polar surface area (TPSA) is 52.3 Å². The molecule has 2 N–H and O–H groups in total. The van der Waals surface area contributed by atoms with E-state index in [9.17, 15) is 4.79 Å². The van der Waals surface area contributed by atoms with Crippen LogP contribution < -0.4 is 5.73 Å². The molecule has 15 heavy (non-hydrogen) atoms. The van der Waals surface area contributed by atoms with Crippen LogP contribution >= 0.6 is 0 Å². The Morgan fingerprint density at radius 1 is 1.40 bits per heavy atom. The lowest BCUT2D eigenvalue weighted by Crippen LogP contribution is -2.17. The molecule has 0 unspecified atom stereocenters. The zero-order valence-electron chi connectivity index (χ0n) is 8.98. The first kappa shape index (κ1) is 11.7. The van der Waals surface area contributed by atoms with E-state index in [1.807, 2.05) is 37.3 Å². The fourth-order valence-electron chi connectivity index (χ4n) is 1.27. The van der Waals surface area contributed by atoms with Crippen LogP contribution in [0.15, 0.2) is 30.3 Å². The standard InChI is InChI=1S/C12H17NO2/c1-2-8-15-12(14)9-11(13)10-6-4-3-5-7-10/h3-7,11H,2,8-9,13H2,1H3/t11-/m0/s1. The fourth-order valence-corrected chi connectivity index (χ4v) is 1.27. The van der Waals surface area contributed by atoms with Gasteiger partial charge < -0.3 is 10.5 Å². The van der Waals surface area contributed by atoms with Crippen LogP contribution in [0.4, 0.5) is 0 Å². The largest absolute Gasteiger partial charge is 0.466 e. The van der Waals surface area contributed by atoms with Crippen LogP contribution in [0.2, 0.25) is 0 Å². The Hall–Kier alpha value is -1.35. The van der Waals surface area contributed by atoms with E-state index in [0.717, 1.165) is 12.0 Å². The van der Waals surface area contributed by atoms with Gasteiger partial charge in [-0.25, -0.2) is 0 Å². The zero-order chi connectivity index (χ0) is 11.1. The molecule has 0 saturated carbocycles. The quantitative estimate of drug-likeness (QED) is 0.751. The molecule has 0 aliphatic heterocycles. The highest BCUT2D eigenvalue weighted by atomic mass is 16.5. The highest BCUT2D eigenvalue weighted by Gasteiger charge is 2.11. The normalized spacial score (nSPS) is 12.1. The van der Waals surface area contributed by atoms with E-state index in [2.05, 4.69) is 0 Å². The zero-order valence-corrected chi connectivity index (χ0v) is 8.98. The van der Waals surface area contributed by atoms with Crippen molar-refractivity contribution in [1.29, 1.82) is 0 Å². The van der Waals surface area contributed by atoms with Crippen molar-refractivity contribution in [1.82, 2.24) is 0 Å². The van der Waals surface area contributed by atoms with Crippen LogP contribution in [0.1, 0.15) is 31.4 Å². The minimum atomic E-state index is -0.268. The van der Waals surface area contributed by atoms with Gasteiger partial charge in [0.2, 0.25) is 0 Å². The van der Waals surface area contributed by atoms with Crippen LogP contribution in [0, 0.1) is 0 Å². The van der Waals surface area contributed by atoms with Crippen molar-refractivity contribution in [3.63, 3.8) is 0 Å². The summed E-state index contributed by atoms with van der Waals surface area (Å²) in [6, 6.07) is 9.30. The van der Waals surface area contributed by atoms with Crippen LogP contribution in [0.5, 0.6) is 0 Å². The van der Waals surface area contributed by atoms with Crippen LogP contribution in [-0.4, -0.2) is 12.6 Å². The summed E-state index contributed by atoms with van der Waals surface area (Å²) in [6.07, 6.45) is 1.08. The van der Waals surface area contributed by atoms with Gasteiger partial charge in [-0.15, -0.1) is 0 Å². The van der Waals surface area contributed by atoms with Gasteiger partial charge in [-0.2, -0.15) is 0 Å². The van der Waals surface area contributed by atoms with Crippen LogP contribution in [0.3, 0.4) is 0 Å². The molecule has 0 fully saturated rings. The fraction of sp³-hybridized carbons (Fsp3) is 0.417. The van der Waals surface area contributed by atoms with Crippen molar-refractivity contribution in [2.24, 2.45) is 5.73 Å². The smallest absolute Gasteiger partial charge is 0.307 e. The Kier molecular flexibility index (Phi) is 4.84. The first-order valence-corrected chi connectivity index (χ1v) is 5.20. The number of hydrogen-bond donors (Lipinski definition) is 1. The molecule has 0 spiro atoms. The predicted octanol–water partition coefficient (Wildman–Crippen LogP) is 2.03. The summed E-state index contributed by atoms with van der Waals surface area (Å²) in [5, 5.41) is 0. The van der Waals surface area contributed by atoms with Gasteiger partial charge in [0.05, 0.1) is 13.0 Å². The molecule has 0 aromatic heterocycles. The van der Waals surface area contributed by atoms with E-state index in [-0.39, 0.29) is 18.4 Å². The number of esters is 1. The van der Waals surface area contributed by atoms with Gasteiger partial charge in [0.15, 0.2) is 0 Å². The lowest BCUT2D eigenvalue weighted by atomic mass is 10.1. The summed E-state index contributed by atoms with van der Waals surface area (Å²) in [4.78, 5) is 11.3. The van der Waals surface area contributed by atoms with Crippen molar-refractivity contribution in [2.45, 2.75) is 25.8 Å². The summed E-state index contributed by atoms with van der Waals surface area (Å²) in [5.74, 6) is -0.229. The molecule has 3 heteroatoms. The Bertz CT molecular complexity index is 298. The number of benzene rings is 1. The van der Waals surface area contributed by atoms with Crippen molar-refractivity contribution in [3.05, 3.63) is 35.9 Å². The number of ether oxygens (including phenoxy) is 1. The average Bonchev–Trinajstić information content (AvgIpc) is 2.27. The second-order valence-electron chi connectivity index (χ2n) is 3.44. The highest BCUT2D eigenvalue weighted by molar-refractivity contribution is 5.70. The third kappa shape index (κ3) is 4.13. The third-order valence-electron chi connectivity index (χ3n) is 2.08. The molecule has 0 heterocycles. The molecular formula is C12H17NO2. The lowest BCUT2D eigenvalue weighted by molar-refractivity contribution is -0.144. The van der Waals surface area contributed by atoms with E-state index < -0.39 is 0 Å². The van der Waals surface area contributed by atoms with Gasteiger partial charge >= 0.3 is 5.97 Å². The highest BCUT2D eigenvalue weighted by Crippen LogP contribution is 2.13. The molecule has 1 atom stereocenters. The van der Waals surface area contributed by atoms with Gasteiger partial charge in [0.1, 0.15) is 0 Å². The van der Waals surface area contributed by atoms with Crippen molar-refractivity contribution < 1.29 is 9.53 Å². The first-order valence-electron chi connectivity index (χ1n) is 5.20. The summed E-state index contributed by atoms with van der Waals surface area (Å²) in [6.45, 7) is 2.44. The maximum absolute atomic E-state index is 11.3. The minimum Gasteiger partial charge on any atom is -0.466 e. The van der Waals surface area contributed by atoms with Crippen LogP contribution in [0.25, 0.3) is 0 Å². The van der Waals surface area contributed by atoms with Gasteiger partial charge in [-0.3, -0.25) is 4.79 Å². The Labute approximate surface area is 90.2 Å². The molecule has 0 amide bonds. The first-order chi connectivity index (χ1) is 7.24. The van der Waals surface area contributed by atoms with Crippen molar-refractivity contribution >= 4 is 5.97 Å². The molecule has 1 rings (SSSR count). The van der Waals surface area contributed by atoms with Gasteiger partial charge in [0.25, 0.3) is 0 Å². The lowest BCUT2D eigenvalue weighted by Gasteiger charge is -2.10. The molecule has 0 radical (unpaired) electrons. The minimum absolute atomic E-state index is 0.229. The van der Waals surface area contributed by atoms with Gasteiger partial charge in [0, 0.05) is 6.04 Å². The summed E-state index contributed by atoms with van der Waals surface area (Å²) in [5.41, 5.74) is 6.83. The SMILES string of the molecule is CCCOC(=O)C[C@H](N)c1ccccc1. The molecule has 3 nitrogen and oxygen atoms in total. The van der Waals surface area contributed by atoms with E-state index in [1.54, 1.807) is 0 Å². The second-order valence-corrected chi connectivity index (χ2v) is 3.44. The number of rotatable bonds is 5. The van der Waals surface area contributed by atoms with Crippen LogP contribution in [-0.2, 0) is 9.53 Å². The van der Waals surface area contributed by atoms with E-state index in [4.69, 9.17) is 10.5 Å². The molecule has 0 aliphatic carbocycles. The summed E-state index contributed by atoms with van der Waals surface area (Å²) >= 11 is 0. The molecule has 1 aromatic rings. The molecule has 0 bridgehead atoms. The van der Waals surface area contributed by atoms with Gasteiger partial charge in [-0.05, 0) is 12.0 Å². The van der Waals surface area contributed by atoms with Crippen molar-refractivity contribution in [3.8, 4) is 0 Å². The Morgan fingerprint density at radius 3 is 2.67 bits per heavy atom. The number of nitrogens with two attached hydrogens (primary N) is 1. The number of carbonyl (C=O) groups is 1. The maximum atomic E-state index is 11.3. The monoisotopic (exact) mass is 207 g/mol. The third-order valence-corrected chi connectivity index (χ3v) is 2.08. The van der Waals surface area contributed by atoms with E-state index in [1.165, 1.54) is 0 Å². The predicted molar refractivity (Wildman–Crippen MR) is 59.2 cm³/mol. The molecule has 1 aromatic carbocycles. The van der Waals surface area contributed by atoms with Gasteiger partial charge in [-0.1, -0.05) is 37.3 Å². The average molecular weight is 207 g/mol. The number of carbonyl (C=O) groups excluding carboxylic acids is 1. The van der Waals surface area contributed by atoms with E-state index in [0.29, 0.717) is 6.61 Å². The molecule has 0 aliphatic rings. The molecular weight excluding hydrogens is 190 g/mol. The Morgan fingerprint density at radius 2 is 2.07 bits per heavy atom. The maximum Gasteiger partial charge on any atom is 0.307 e. The number of hydrogen-bond acceptors (Lipinski definition) is 3. The molecule has 0 saturated heterocycles. The summed E-state index contributed by atoms with van der Waals surface area (Å²) < 4.78 is 4.96. The Balaban J connectivity index is 2.42. The summed E-state index contributed by atoms with van der Waals surface area (Å²) in [7, 11) is 0. The van der Waals surface area contributed by atoms with E-state index >= 15 is 0 Å². The molecule has 82 valence electrons. The van der Waals surface area contributed by atoms with Crippen molar-refractivity contribution in [2.75, 3.05) is 6.61 Å².